The molecule has 0 aromatic heterocycles. The lowest BCUT2D eigenvalue weighted by Crippen LogP contribution is -2.50. The van der Waals surface area contributed by atoms with E-state index in [1.54, 1.807) is 7.11 Å². The normalized spacial score (nSPS) is 30.8. The average molecular weight is 515 g/mol. The molecule has 0 bridgehead atoms. The molecule has 1 aromatic rings. The maximum absolute atomic E-state index is 11.2. The first-order valence-corrected chi connectivity index (χ1v) is 17.2. The van der Waals surface area contributed by atoms with Crippen LogP contribution in [0.15, 0.2) is 6.07 Å². The van der Waals surface area contributed by atoms with Gasteiger partial charge in [-0.25, -0.2) is 0 Å². The highest BCUT2D eigenvalue weighted by Crippen LogP contribution is 2.65. The van der Waals surface area contributed by atoms with E-state index in [4.69, 9.17) is 9.16 Å². The Morgan fingerprint density at radius 1 is 1.00 bits per heavy atom. The molecule has 2 saturated carbocycles. The van der Waals surface area contributed by atoms with Crippen molar-refractivity contribution in [2.24, 2.45) is 23.2 Å². The summed E-state index contributed by atoms with van der Waals surface area (Å²) in [7, 11) is -0.386. The number of ether oxygens (including phenoxy) is 1. The Morgan fingerprint density at radius 3 is 2.17 bits per heavy atom. The van der Waals surface area contributed by atoms with Crippen LogP contribution >= 0.6 is 0 Å². The molecule has 4 rings (SSSR count). The van der Waals surface area contributed by atoms with Gasteiger partial charge in [0.2, 0.25) is 0 Å². The van der Waals surface area contributed by atoms with E-state index in [1.807, 2.05) is 6.92 Å². The Kier molecular flexibility index (Phi) is 8.00. The van der Waals surface area contributed by atoms with Crippen LogP contribution in [0.4, 0.5) is 0 Å². The number of aliphatic hydroxyl groups excluding tert-OH is 1. The van der Waals surface area contributed by atoms with Gasteiger partial charge in [0.25, 0.3) is 8.32 Å². The standard InChI is InChI=1S/C32H54O3Si/c1-11-24-13-15-27-25-14-12-23-18-28(35-36(19(2)3,20(4)5)21(6)7)31(34-10)29(22(8)33)30(23)26(25)16-17-32(24,27)9/h18-22,24-27,33H,11-17H2,1-10H3/t22?,24-,25+,26-,27-,32+/m0/s1. The summed E-state index contributed by atoms with van der Waals surface area (Å²) in [4.78, 5) is 0. The van der Waals surface area contributed by atoms with E-state index in [0.29, 0.717) is 28.0 Å². The second kappa shape index (κ2) is 10.3. The van der Waals surface area contributed by atoms with Crippen molar-refractivity contribution in [3.63, 3.8) is 0 Å². The van der Waals surface area contributed by atoms with Crippen molar-refractivity contribution in [2.75, 3.05) is 7.11 Å². The number of fused-ring (bicyclic) bond motifs is 5. The van der Waals surface area contributed by atoms with Crippen LogP contribution in [0.1, 0.15) is 130 Å². The van der Waals surface area contributed by atoms with E-state index in [2.05, 4.69) is 61.5 Å². The predicted octanol–water partition coefficient (Wildman–Crippen LogP) is 9.19. The van der Waals surface area contributed by atoms with Crippen LogP contribution in [0.3, 0.4) is 0 Å². The van der Waals surface area contributed by atoms with E-state index in [0.717, 1.165) is 41.2 Å². The van der Waals surface area contributed by atoms with E-state index < -0.39 is 14.4 Å². The third-order valence-electron chi connectivity index (χ3n) is 11.3. The van der Waals surface area contributed by atoms with Crippen molar-refractivity contribution in [2.45, 2.75) is 136 Å². The summed E-state index contributed by atoms with van der Waals surface area (Å²) in [5.41, 5.74) is 5.82. The first-order chi connectivity index (χ1) is 16.9. The molecular weight excluding hydrogens is 460 g/mol. The van der Waals surface area contributed by atoms with Gasteiger partial charge >= 0.3 is 0 Å². The zero-order chi connectivity index (χ0) is 26.6. The van der Waals surface area contributed by atoms with Gasteiger partial charge in [-0.3, -0.25) is 0 Å². The highest BCUT2D eigenvalue weighted by molar-refractivity contribution is 6.78. The number of hydrogen-bond donors (Lipinski definition) is 1. The van der Waals surface area contributed by atoms with Crippen LogP contribution < -0.4 is 9.16 Å². The second-order valence-corrected chi connectivity index (χ2v) is 19.0. The molecule has 1 unspecified atom stereocenters. The lowest BCUT2D eigenvalue weighted by molar-refractivity contribution is 0.0263. The Hall–Kier alpha value is -1.00. The zero-order valence-corrected chi connectivity index (χ0v) is 25.9. The molecule has 0 aliphatic heterocycles. The predicted molar refractivity (Wildman–Crippen MR) is 154 cm³/mol. The summed E-state index contributed by atoms with van der Waals surface area (Å²) in [5.74, 6) is 4.67. The number of hydrogen-bond acceptors (Lipinski definition) is 3. The quantitative estimate of drug-likeness (QED) is 0.351. The molecule has 0 heterocycles. The average Bonchev–Trinajstić information content (AvgIpc) is 3.16. The molecule has 204 valence electrons. The first kappa shape index (κ1) is 28.0. The second-order valence-electron chi connectivity index (χ2n) is 13.6. The van der Waals surface area contributed by atoms with Gasteiger partial charge < -0.3 is 14.3 Å². The third-order valence-corrected chi connectivity index (χ3v) is 17.3. The van der Waals surface area contributed by atoms with Crippen LogP contribution in [-0.4, -0.2) is 20.5 Å². The molecule has 0 amide bonds. The van der Waals surface area contributed by atoms with Gasteiger partial charge in [0.15, 0.2) is 5.75 Å². The molecule has 36 heavy (non-hydrogen) atoms. The fraction of sp³-hybridized carbons (Fsp3) is 0.812. The van der Waals surface area contributed by atoms with Gasteiger partial charge in [-0.2, -0.15) is 0 Å². The Morgan fingerprint density at radius 2 is 1.64 bits per heavy atom. The molecule has 0 spiro atoms. The van der Waals surface area contributed by atoms with Crippen molar-refractivity contribution < 1.29 is 14.3 Å². The number of aryl methyl sites for hydroxylation is 1. The number of aliphatic hydroxyl groups is 1. The minimum absolute atomic E-state index is 0.488. The van der Waals surface area contributed by atoms with Gasteiger partial charge in [-0.1, -0.05) is 61.8 Å². The molecule has 0 radical (unpaired) electrons. The summed E-state index contributed by atoms with van der Waals surface area (Å²) in [6, 6.07) is 2.34. The number of rotatable bonds is 8. The van der Waals surface area contributed by atoms with Gasteiger partial charge in [0, 0.05) is 5.56 Å². The summed E-state index contributed by atoms with van der Waals surface area (Å²) < 4.78 is 13.4. The molecule has 0 saturated heterocycles. The van der Waals surface area contributed by atoms with Crippen LogP contribution in [0.5, 0.6) is 11.5 Å². The van der Waals surface area contributed by atoms with Crippen molar-refractivity contribution in [3.05, 3.63) is 22.8 Å². The molecule has 3 aliphatic rings. The van der Waals surface area contributed by atoms with Crippen LogP contribution in [0.2, 0.25) is 16.6 Å². The summed E-state index contributed by atoms with van der Waals surface area (Å²) >= 11 is 0. The minimum atomic E-state index is -2.15. The van der Waals surface area contributed by atoms with E-state index in [-0.39, 0.29) is 0 Å². The molecule has 6 atom stereocenters. The Balaban J connectivity index is 1.82. The molecule has 1 aromatic carbocycles. The van der Waals surface area contributed by atoms with Crippen molar-refractivity contribution in [1.29, 1.82) is 0 Å². The first-order valence-electron chi connectivity index (χ1n) is 15.0. The van der Waals surface area contributed by atoms with E-state index in [1.165, 1.54) is 49.7 Å². The summed E-state index contributed by atoms with van der Waals surface area (Å²) in [6.45, 7) is 20.9. The van der Waals surface area contributed by atoms with E-state index in [9.17, 15) is 5.11 Å². The fourth-order valence-electron chi connectivity index (χ4n) is 9.77. The SMILES string of the molecule is CC[C@H]1CC[C@H]2[C@@H]3CCc4cc(O[Si](C(C)C)(C(C)C)C(C)C)c(OC)c(C(C)O)c4[C@H]3CC[C@]12C. The molecule has 3 aliphatic carbocycles. The summed E-state index contributed by atoms with van der Waals surface area (Å²) in [6.07, 6.45) is 8.48. The fourth-order valence-corrected chi connectivity index (χ4v) is 15.0. The largest absolute Gasteiger partial charge is 0.540 e. The number of benzene rings is 1. The maximum atomic E-state index is 11.2. The lowest BCUT2D eigenvalue weighted by Gasteiger charge is -2.52. The third kappa shape index (κ3) is 4.17. The molecule has 1 N–H and O–H groups in total. The highest BCUT2D eigenvalue weighted by atomic mass is 28.4. The van der Waals surface area contributed by atoms with Gasteiger partial charge in [0.1, 0.15) is 5.75 Å². The molecule has 3 nitrogen and oxygen atoms in total. The zero-order valence-electron chi connectivity index (χ0n) is 24.9. The van der Waals surface area contributed by atoms with Crippen LogP contribution in [0, 0.1) is 23.2 Å². The Bertz CT molecular complexity index is 914. The molecular formula is C32H54O3Si. The van der Waals surface area contributed by atoms with Crippen molar-refractivity contribution in [1.82, 2.24) is 0 Å². The summed E-state index contributed by atoms with van der Waals surface area (Å²) in [5, 5.41) is 11.2. The molecule has 4 heteroatoms. The topological polar surface area (TPSA) is 38.7 Å². The minimum Gasteiger partial charge on any atom is -0.540 e. The highest BCUT2D eigenvalue weighted by Gasteiger charge is 2.55. The van der Waals surface area contributed by atoms with Crippen molar-refractivity contribution >= 4 is 8.32 Å². The number of methoxy groups -OCH3 is 1. The lowest BCUT2D eigenvalue weighted by atomic mass is 9.53. The van der Waals surface area contributed by atoms with Crippen LogP contribution in [-0.2, 0) is 6.42 Å². The van der Waals surface area contributed by atoms with E-state index >= 15 is 0 Å². The van der Waals surface area contributed by atoms with Crippen molar-refractivity contribution in [3.8, 4) is 11.5 Å². The van der Waals surface area contributed by atoms with Crippen LogP contribution in [0.25, 0.3) is 0 Å². The monoisotopic (exact) mass is 514 g/mol. The van der Waals surface area contributed by atoms with Gasteiger partial charge in [-0.05, 0) is 108 Å². The smallest absolute Gasteiger partial charge is 0.258 e. The molecule has 2 fully saturated rings. The Labute approximate surface area is 222 Å². The maximum Gasteiger partial charge on any atom is 0.258 e. The van der Waals surface area contributed by atoms with Gasteiger partial charge in [0.05, 0.1) is 13.2 Å². The van der Waals surface area contributed by atoms with Gasteiger partial charge in [-0.15, -0.1) is 0 Å².